The van der Waals surface area contributed by atoms with E-state index in [0.29, 0.717) is 0 Å². The average Bonchev–Trinajstić information content (AvgIpc) is 2.88. The van der Waals surface area contributed by atoms with Crippen LogP contribution in [-0.2, 0) is 0 Å². The van der Waals surface area contributed by atoms with Crippen molar-refractivity contribution >= 4 is 23.9 Å². The van der Waals surface area contributed by atoms with Gasteiger partial charge in [-0.25, -0.2) is 4.79 Å². The van der Waals surface area contributed by atoms with Crippen LogP contribution in [0, 0.1) is 0 Å². The van der Waals surface area contributed by atoms with E-state index in [1.807, 2.05) is 20.1 Å². The van der Waals surface area contributed by atoms with Gasteiger partial charge in [-0.3, -0.25) is 0 Å². The van der Waals surface area contributed by atoms with Crippen LogP contribution in [0.1, 0.15) is 41.5 Å². The Bertz CT molecular complexity index is 662. The number of nitrogens with zero attached hydrogens (tertiary/aromatic N) is 4. The smallest absolute Gasteiger partial charge is 0.335 e. The van der Waals surface area contributed by atoms with Crippen LogP contribution in [0.2, 0.25) is 0 Å². The van der Waals surface area contributed by atoms with Gasteiger partial charge in [0, 0.05) is 5.92 Å². The number of hydrogen-bond acceptors (Lipinski definition) is 5. The van der Waals surface area contributed by atoms with Crippen LogP contribution in [0.3, 0.4) is 0 Å². The predicted molar refractivity (Wildman–Crippen MR) is 82.3 cm³/mol. The van der Waals surface area contributed by atoms with Crippen LogP contribution < -0.4 is 0 Å². The highest BCUT2D eigenvalue weighted by atomic mass is 32.2. The lowest BCUT2D eigenvalue weighted by Gasteiger charge is -2.05. The summed E-state index contributed by atoms with van der Waals surface area (Å²) in [7, 11) is 0. The van der Waals surface area contributed by atoms with Crippen LogP contribution in [0.4, 0.5) is 0 Å². The van der Waals surface area contributed by atoms with E-state index in [1.54, 1.807) is 35.2 Å². The molecule has 110 valence electrons. The van der Waals surface area contributed by atoms with Gasteiger partial charge in [-0.2, -0.15) is 9.78 Å². The second-order valence-electron chi connectivity index (χ2n) is 4.68. The summed E-state index contributed by atoms with van der Waals surface area (Å²) in [6.07, 6.45) is 3.59. The van der Waals surface area contributed by atoms with Crippen molar-refractivity contribution in [3.8, 4) is 0 Å². The molecule has 1 aromatic heterocycles. The molecule has 1 heterocycles. The summed E-state index contributed by atoms with van der Waals surface area (Å²) in [4.78, 5) is 10.8. The first-order valence-electron chi connectivity index (χ1n) is 6.40. The summed E-state index contributed by atoms with van der Waals surface area (Å²) in [5, 5.41) is 22.2. The van der Waals surface area contributed by atoms with Crippen molar-refractivity contribution < 1.29 is 9.90 Å². The second-order valence-corrected chi connectivity index (χ2v) is 5.46. The van der Waals surface area contributed by atoms with E-state index in [1.165, 1.54) is 11.8 Å². The normalized spacial score (nSPS) is 11.4. The Morgan fingerprint density at radius 1 is 1.33 bits per heavy atom. The molecule has 21 heavy (non-hydrogen) atoms. The van der Waals surface area contributed by atoms with Crippen molar-refractivity contribution in [2.24, 2.45) is 5.10 Å². The SMILES string of the molecule is CSc1nnc(C(C)C)n1/N=C\c1ccc(C(=O)O)cc1. The molecular formula is C14H16N4O2S. The maximum Gasteiger partial charge on any atom is 0.335 e. The molecule has 0 radical (unpaired) electrons. The van der Waals surface area contributed by atoms with E-state index >= 15 is 0 Å². The molecule has 0 aliphatic carbocycles. The van der Waals surface area contributed by atoms with Crippen molar-refractivity contribution in [2.75, 3.05) is 6.26 Å². The molecular weight excluding hydrogens is 288 g/mol. The third kappa shape index (κ3) is 3.49. The third-order valence-electron chi connectivity index (χ3n) is 2.82. The van der Waals surface area contributed by atoms with Crippen molar-refractivity contribution in [2.45, 2.75) is 24.9 Å². The second kappa shape index (κ2) is 6.53. The molecule has 0 bridgehead atoms. The molecule has 1 N–H and O–H groups in total. The molecule has 0 saturated carbocycles. The fourth-order valence-electron chi connectivity index (χ4n) is 1.71. The summed E-state index contributed by atoms with van der Waals surface area (Å²) in [5.41, 5.74) is 1.07. The Morgan fingerprint density at radius 2 is 2.00 bits per heavy atom. The molecule has 0 amide bonds. The van der Waals surface area contributed by atoms with Gasteiger partial charge >= 0.3 is 5.97 Å². The first kappa shape index (κ1) is 15.2. The van der Waals surface area contributed by atoms with E-state index in [4.69, 9.17) is 5.11 Å². The molecule has 2 aromatic rings. The van der Waals surface area contributed by atoms with Gasteiger partial charge in [-0.1, -0.05) is 37.7 Å². The maximum absolute atomic E-state index is 10.8. The van der Waals surface area contributed by atoms with E-state index in [-0.39, 0.29) is 11.5 Å². The van der Waals surface area contributed by atoms with Gasteiger partial charge in [0.05, 0.1) is 11.8 Å². The van der Waals surface area contributed by atoms with Gasteiger partial charge in [-0.15, -0.1) is 10.2 Å². The number of hydrogen-bond donors (Lipinski definition) is 1. The van der Waals surface area contributed by atoms with Crippen LogP contribution >= 0.6 is 11.8 Å². The molecule has 0 aliphatic rings. The molecule has 1 aromatic carbocycles. The van der Waals surface area contributed by atoms with Crippen molar-refractivity contribution in [1.29, 1.82) is 0 Å². The van der Waals surface area contributed by atoms with Crippen LogP contribution in [0.5, 0.6) is 0 Å². The topological polar surface area (TPSA) is 80.4 Å². The zero-order chi connectivity index (χ0) is 15.4. The Morgan fingerprint density at radius 3 is 2.52 bits per heavy atom. The zero-order valence-electron chi connectivity index (χ0n) is 12.0. The van der Waals surface area contributed by atoms with Gasteiger partial charge < -0.3 is 5.11 Å². The molecule has 0 spiro atoms. The summed E-state index contributed by atoms with van der Waals surface area (Å²) in [6.45, 7) is 4.06. The Balaban J connectivity index is 2.28. The number of aromatic nitrogens is 3. The van der Waals surface area contributed by atoms with E-state index < -0.39 is 5.97 Å². The minimum Gasteiger partial charge on any atom is -0.478 e. The molecule has 2 rings (SSSR count). The summed E-state index contributed by atoms with van der Waals surface area (Å²) >= 11 is 1.47. The van der Waals surface area contributed by atoms with Crippen molar-refractivity contribution in [3.63, 3.8) is 0 Å². The summed E-state index contributed by atoms with van der Waals surface area (Å²) in [5.74, 6) is 0.0618. The first-order valence-corrected chi connectivity index (χ1v) is 7.62. The van der Waals surface area contributed by atoms with Gasteiger partial charge in [0.1, 0.15) is 0 Å². The van der Waals surface area contributed by atoms with E-state index in [0.717, 1.165) is 16.5 Å². The largest absolute Gasteiger partial charge is 0.478 e. The first-order chi connectivity index (χ1) is 10.0. The Kier molecular flexibility index (Phi) is 4.74. The van der Waals surface area contributed by atoms with Gasteiger partial charge in [0.2, 0.25) is 5.16 Å². The standard InChI is InChI=1S/C14H16N4O2S/c1-9(2)12-16-17-14(21-3)18(12)15-8-10-4-6-11(7-5-10)13(19)20/h4-9H,1-3H3,(H,19,20)/b15-8-. The highest BCUT2D eigenvalue weighted by Crippen LogP contribution is 2.19. The monoisotopic (exact) mass is 304 g/mol. The highest BCUT2D eigenvalue weighted by molar-refractivity contribution is 7.98. The quantitative estimate of drug-likeness (QED) is 0.678. The van der Waals surface area contributed by atoms with Gasteiger partial charge in [-0.05, 0) is 24.0 Å². The van der Waals surface area contributed by atoms with Crippen molar-refractivity contribution in [1.82, 2.24) is 14.9 Å². The molecule has 6 nitrogen and oxygen atoms in total. The number of benzene rings is 1. The maximum atomic E-state index is 10.8. The third-order valence-corrected chi connectivity index (χ3v) is 3.43. The zero-order valence-corrected chi connectivity index (χ0v) is 12.8. The van der Waals surface area contributed by atoms with Gasteiger partial charge in [0.15, 0.2) is 5.82 Å². The van der Waals surface area contributed by atoms with Crippen LogP contribution in [0.25, 0.3) is 0 Å². The Labute approximate surface area is 126 Å². The van der Waals surface area contributed by atoms with E-state index in [9.17, 15) is 4.79 Å². The average molecular weight is 304 g/mol. The number of aromatic carboxylic acids is 1. The fraction of sp³-hybridized carbons (Fsp3) is 0.286. The van der Waals surface area contributed by atoms with Crippen LogP contribution in [-0.4, -0.2) is 38.4 Å². The molecule has 0 aliphatic heterocycles. The minimum atomic E-state index is -0.941. The molecule has 0 atom stereocenters. The molecule has 7 heteroatoms. The fourth-order valence-corrected chi connectivity index (χ4v) is 2.14. The Hall–Kier alpha value is -2.15. The van der Waals surface area contributed by atoms with Gasteiger partial charge in [0.25, 0.3) is 0 Å². The number of rotatable bonds is 5. The molecule has 0 fully saturated rings. The summed E-state index contributed by atoms with van der Waals surface area (Å²) < 4.78 is 1.71. The highest BCUT2D eigenvalue weighted by Gasteiger charge is 2.13. The summed E-state index contributed by atoms with van der Waals surface area (Å²) in [6, 6.07) is 6.53. The van der Waals surface area contributed by atoms with Crippen LogP contribution in [0.15, 0.2) is 34.5 Å². The number of carboxylic acid groups (broad SMARTS) is 1. The van der Waals surface area contributed by atoms with Crippen molar-refractivity contribution in [3.05, 3.63) is 41.2 Å². The lowest BCUT2D eigenvalue weighted by atomic mass is 10.1. The lowest BCUT2D eigenvalue weighted by molar-refractivity contribution is 0.0697. The number of thioether (sulfide) groups is 1. The van der Waals surface area contributed by atoms with E-state index in [2.05, 4.69) is 15.3 Å². The molecule has 0 saturated heterocycles. The minimum absolute atomic E-state index is 0.213. The lowest BCUT2D eigenvalue weighted by Crippen LogP contribution is -2.02. The predicted octanol–water partition coefficient (Wildman–Crippen LogP) is 2.70. The number of carboxylic acids is 1. The number of carbonyl (C=O) groups is 1. The molecule has 0 unspecified atom stereocenters.